The van der Waals surface area contributed by atoms with Crippen LogP contribution >= 0.6 is 0 Å². The van der Waals surface area contributed by atoms with Crippen LogP contribution in [0, 0.1) is 20.8 Å². The SMILES string of the molecule is CCC(CC)c1ccc(N=C=O)c(C)c1.CCN(CC)c1ccc(NC(=O)OCCS(=O)(=O)CS(=O)(=O)CCOC(=O)Nc2ccc(N(CC)CC)cc2C)c(C)c1.O=S(=O)(CCO)CS(=O)(=O)CCO. The number of anilines is 4. The van der Waals surface area contributed by atoms with Gasteiger partial charge in [0, 0.05) is 48.9 Å². The summed E-state index contributed by atoms with van der Waals surface area (Å²) in [6.45, 7) is 19.3. The Morgan fingerprint density at radius 1 is 0.577 bits per heavy atom. The lowest BCUT2D eigenvalue weighted by Crippen LogP contribution is -2.27. The number of aryl methyl sites for hydroxylation is 3. The maximum absolute atomic E-state index is 12.4. The fourth-order valence-corrected chi connectivity index (χ4v) is 14.4. The van der Waals surface area contributed by atoms with E-state index in [-0.39, 0.29) is 0 Å². The molecule has 0 unspecified atom stereocenters. The van der Waals surface area contributed by atoms with Crippen molar-refractivity contribution in [3.05, 3.63) is 76.9 Å². The standard InChI is InChI=1S/C29H44N4O8S2.C13H17NO.C5H12O6S2/c1-7-32(8-2)24-11-13-26(22(5)19-24)30-28(34)40-15-17-42(36,37)21-43(38,39)18-16-41-29(35)31-27-14-12-25(20-23(27)6)33(9-3)10-4;1-4-11(5-2)12-6-7-13(14-9-15)10(3)8-12;6-1-3-12(8,9)5-13(10,11)4-2-7/h11-14,19-20H,7-10,15-18,21H2,1-6H3,(H,30,34)(H,31,35);6-8,11H,4-5H2,1-3H3;6-7H,1-5H2. The van der Waals surface area contributed by atoms with Gasteiger partial charge in [-0.3, -0.25) is 10.6 Å². The minimum atomic E-state index is -4.12. The third-order valence-electron chi connectivity index (χ3n) is 10.8. The largest absolute Gasteiger partial charge is 0.448 e. The second-order valence-electron chi connectivity index (χ2n) is 16.1. The third kappa shape index (κ3) is 24.3. The van der Waals surface area contributed by atoms with Crippen LogP contribution in [0.1, 0.15) is 82.6 Å². The Balaban J connectivity index is 0.000000726. The van der Waals surface area contributed by atoms with E-state index >= 15 is 0 Å². The van der Waals surface area contributed by atoms with Crippen LogP contribution in [-0.4, -0.2) is 148 Å². The predicted molar refractivity (Wildman–Crippen MR) is 281 cm³/mol. The molecule has 4 N–H and O–H groups in total. The van der Waals surface area contributed by atoms with Gasteiger partial charge in [-0.2, -0.15) is 4.99 Å². The molecule has 0 fully saturated rings. The van der Waals surface area contributed by atoms with E-state index in [1.54, 1.807) is 18.2 Å². The molecule has 3 aromatic rings. The normalized spacial score (nSPS) is 11.5. The van der Waals surface area contributed by atoms with Crippen LogP contribution in [0.5, 0.6) is 0 Å². The fraction of sp³-hybridized carbons (Fsp3) is 0.553. The van der Waals surface area contributed by atoms with Crippen LogP contribution in [0.2, 0.25) is 0 Å². The molecule has 0 heterocycles. The van der Waals surface area contributed by atoms with Gasteiger partial charge in [0.1, 0.15) is 13.2 Å². The van der Waals surface area contributed by atoms with Crippen LogP contribution in [0.15, 0.2) is 59.6 Å². The molecule has 20 nitrogen and oxygen atoms in total. The van der Waals surface area contributed by atoms with Crippen molar-refractivity contribution in [2.24, 2.45) is 4.99 Å². The lowest BCUT2D eigenvalue weighted by Gasteiger charge is -2.22. The molecule has 0 aliphatic carbocycles. The number of hydrogen-bond donors (Lipinski definition) is 4. The van der Waals surface area contributed by atoms with E-state index in [0.717, 1.165) is 72.8 Å². The number of benzene rings is 3. The molecule has 0 atom stereocenters. The number of isocyanates is 1. The Labute approximate surface area is 420 Å². The first-order chi connectivity index (χ1) is 33.3. The Morgan fingerprint density at radius 2 is 0.958 bits per heavy atom. The van der Waals surface area contributed by atoms with Gasteiger partial charge < -0.3 is 29.5 Å². The number of carbonyl (C=O) groups excluding carboxylic acids is 3. The molecule has 3 aromatic carbocycles. The van der Waals surface area contributed by atoms with E-state index in [1.807, 2.05) is 78.8 Å². The summed E-state index contributed by atoms with van der Waals surface area (Å²) in [5, 5.41) is 19.6. The van der Waals surface area contributed by atoms with E-state index < -0.39 is 111 Å². The molecule has 0 aliphatic rings. The van der Waals surface area contributed by atoms with E-state index in [9.17, 15) is 48.1 Å². The average molecular weight is 1080 g/mol. The Morgan fingerprint density at radius 3 is 1.27 bits per heavy atom. The number of carbonyl (C=O) groups is 2. The molecule has 71 heavy (non-hydrogen) atoms. The summed E-state index contributed by atoms with van der Waals surface area (Å²) in [4.78, 5) is 42.5. The highest BCUT2D eigenvalue weighted by Gasteiger charge is 2.24. The van der Waals surface area contributed by atoms with Gasteiger partial charge in [-0.25, -0.2) is 48.1 Å². The second kappa shape index (κ2) is 31.4. The van der Waals surface area contributed by atoms with Crippen molar-refractivity contribution in [3.8, 4) is 0 Å². The lowest BCUT2D eigenvalue weighted by molar-refractivity contribution is 0.167. The zero-order valence-corrected chi connectivity index (χ0v) is 45.5. The first kappa shape index (κ1) is 63.9. The Kier molecular flexibility index (Phi) is 28.2. The molecule has 0 spiro atoms. The maximum Gasteiger partial charge on any atom is 0.411 e. The van der Waals surface area contributed by atoms with Crippen LogP contribution < -0.4 is 20.4 Å². The molecule has 0 bridgehead atoms. The second-order valence-corrected chi connectivity index (χ2v) is 25.6. The van der Waals surface area contributed by atoms with Gasteiger partial charge in [-0.05, 0) is 132 Å². The van der Waals surface area contributed by atoms with Gasteiger partial charge in [-0.1, -0.05) is 26.0 Å². The first-order valence-electron chi connectivity index (χ1n) is 23.1. The zero-order chi connectivity index (χ0) is 54.0. The lowest BCUT2D eigenvalue weighted by atomic mass is 9.92. The highest BCUT2D eigenvalue weighted by Crippen LogP contribution is 2.28. The summed E-state index contributed by atoms with van der Waals surface area (Å²) in [5.41, 5.74) is 7.76. The number of nitrogens with zero attached hydrogens (tertiary/aromatic N) is 3. The number of aliphatic imine (C=N–C) groups is 1. The summed E-state index contributed by atoms with van der Waals surface area (Å²) >= 11 is 0. The van der Waals surface area contributed by atoms with Gasteiger partial charge in [0.2, 0.25) is 6.08 Å². The van der Waals surface area contributed by atoms with Crippen molar-refractivity contribution in [1.29, 1.82) is 0 Å². The topological polar surface area (TPSA) is 290 Å². The third-order valence-corrected chi connectivity index (χ3v) is 19.7. The van der Waals surface area contributed by atoms with Gasteiger partial charge in [0.25, 0.3) is 0 Å². The van der Waals surface area contributed by atoms with Gasteiger partial charge in [-0.15, -0.1) is 0 Å². The minimum Gasteiger partial charge on any atom is -0.448 e. The highest BCUT2D eigenvalue weighted by atomic mass is 32.3. The molecule has 0 saturated heterocycles. The number of ether oxygens (including phenoxy) is 2. The van der Waals surface area contributed by atoms with Crippen LogP contribution in [0.3, 0.4) is 0 Å². The number of nitrogens with one attached hydrogen (secondary N) is 2. The summed E-state index contributed by atoms with van der Waals surface area (Å²) in [6, 6.07) is 17.1. The van der Waals surface area contributed by atoms with E-state index in [1.165, 1.54) is 5.56 Å². The van der Waals surface area contributed by atoms with Crippen LogP contribution in [0.25, 0.3) is 0 Å². The quantitative estimate of drug-likeness (QED) is 0.0514. The molecule has 2 amide bonds. The van der Waals surface area contributed by atoms with Crippen molar-refractivity contribution >= 4 is 86.1 Å². The number of aliphatic hydroxyl groups is 2. The molecular formula is C47H73N5O15S4. The van der Waals surface area contributed by atoms with E-state index in [4.69, 9.17) is 19.7 Å². The summed E-state index contributed by atoms with van der Waals surface area (Å²) in [7, 11) is -15.8. The monoisotopic (exact) mass is 1080 g/mol. The number of aliphatic hydroxyl groups excluding tert-OH is 2. The predicted octanol–water partition coefficient (Wildman–Crippen LogP) is 6.20. The molecule has 0 radical (unpaired) electrons. The highest BCUT2D eigenvalue weighted by molar-refractivity contribution is 8.08. The van der Waals surface area contributed by atoms with Gasteiger partial charge in [0.05, 0.1) is 41.9 Å². The van der Waals surface area contributed by atoms with Crippen LogP contribution in [-0.2, 0) is 53.6 Å². The first-order valence-corrected chi connectivity index (χ1v) is 30.4. The number of hydrogen-bond acceptors (Lipinski definition) is 18. The minimum absolute atomic E-state index is 0.516. The zero-order valence-electron chi connectivity index (χ0n) is 42.3. The van der Waals surface area contributed by atoms with Gasteiger partial charge in [0.15, 0.2) is 49.5 Å². The molecule has 0 aliphatic heterocycles. The summed E-state index contributed by atoms with van der Waals surface area (Å²) < 4.78 is 103. The van der Waals surface area contributed by atoms with Crippen molar-refractivity contribution < 1.29 is 67.7 Å². The van der Waals surface area contributed by atoms with Crippen molar-refractivity contribution in [3.63, 3.8) is 0 Å². The van der Waals surface area contributed by atoms with Crippen molar-refractivity contribution in [2.75, 3.05) is 106 Å². The van der Waals surface area contributed by atoms with Crippen LogP contribution in [0.4, 0.5) is 38.0 Å². The summed E-state index contributed by atoms with van der Waals surface area (Å²) in [6.07, 6.45) is 2.16. The smallest absolute Gasteiger partial charge is 0.411 e. The summed E-state index contributed by atoms with van der Waals surface area (Å²) in [5.74, 6) is -1.89. The molecular weight excluding hydrogens is 1000 g/mol. The molecule has 400 valence electrons. The molecule has 3 rings (SSSR count). The van der Waals surface area contributed by atoms with E-state index in [2.05, 4.69) is 51.4 Å². The van der Waals surface area contributed by atoms with Crippen molar-refractivity contribution in [2.45, 2.75) is 81.1 Å². The average Bonchev–Trinajstić information content (AvgIpc) is 3.27. The molecule has 0 saturated carbocycles. The maximum atomic E-state index is 12.4. The molecule has 0 aromatic heterocycles. The fourth-order valence-electron chi connectivity index (χ4n) is 6.89. The Hall–Kier alpha value is -5.10. The van der Waals surface area contributed by atoms with Crippen molar-refractivity contribution in [1.82, 2.24) is 0 Å². The number of rotatable bonds is 26. The number of sulfone groups is 4. The molecule has 24 heteroatoms. The van der Waals surface area contributed by atoms with Gasteiger partial charge >= 0.3 is 12.2 Å². The number of amides is 2. The van der Waals surface area contributed by atoms with E-state index in [0.29, 0.717) is 17.3 Å². The Bertz CT molecular complexity index is 2520.